The van der Waals surface area contributed by atoms with Crippen molar-refractivity contribution in [3.8, 4) is 0 Å². The Bertz CT molecular complexity index is 433. The Labute approximate surface area is 74.2 Å². The summed E-state index contributed by atoms with van der Waals surface area (Å²) in [6, 6.07) is 3.15. The third-order valence-electron chi connectivity index (χ3n) is 1.94. The average Bonchev–Trinajstić information content (AvgIpc) is 2.42. The highest BCUT2D eigenvalue weighted by molar-refractivity contribution is 6.35. The van der Waals surface area contributed by atoms with E-state index in [0.29, 0.717) is 10.4 Å². The molecule has 0 unspecified atom stereocenters. The van der Waals surface area contributed by atoms with Crippen molar-refractivity contribution in [1.82, 2.24) is 4.98 Å². The van der Waals surface area contributed by atoms with Crippen LogP contribution in [0.4, 0.5) is 4.39 Å². The van der Waals surface area contributed by atoms with Gasteiger partial charge < -0.3 is 4.98 Å². The smallest absolute Gasteiger partial charge is 0.134 e. The maximum absolute atomic E-state index is 13.2. The first-order chi connectivity index (χ1) is 5.70. The molecule has 1 nitrogen and oxygen atoms in total. The van der Waals surface area contributed by atoms with E-state index in [2.05, 4.69) is 4.98 Å². The van der Waals surface area contributed by atoms with E-state index >= 15 is 0 Å². The summed E-state index contributed by atoms with van der Waals surface area (Å²) in [4.78, 5) is 2.92. The molecule has 0 bridgehead atoms. The van der Waals surface area contributed by atoms with Crippen molar-refractivity contribution >= 4 is 22.5 Å². The van der Waals surface area contributed by atoms with Gasteiger partial charge in [-0.3, -0.25) is 0 Å². The van der Waals surface area contributed by atoms with Crippen molar-refractivity contribution < 1.29 is 4.39 Å². The molecule has 1 heterocycles. The number of fused-ring (bicyclic) bond motifs is 1. The molecule has 0 fully saturated rings. The van der Waals surface area contributed by atoms with E-state index in [1.807, 2.05) is 6.92 Å². The molecule has 1 aromatic carbocycles. The fourth-order valence-electron chi connectivity index (χ4n) is 1.31. The van der Waals surface area contributed by atoms with E-state index in [1.54, 1.807) is 12.3 Å². The summed E-state index contributed by atoms with van der Waals surface area (Å²) in [5.74, 6) is -0.276. The van der Waals surface area contributed by atoms with Gasteiger partial charge in [0, 0.05) is 6.20 Å². The summed E-state index contributed by atoms with van der Waals surface area (Å²) in [5.41, 5.74) is 1.78. The molecule has 2 rings (SSSR count). The summed E-state index contributed by atoms with van der Waals surface area (Å²) in [6.45, 7) is 1.91. The number of rotatable bonds is 0. The van der Waals surface area contributed by atoms with Crippen molar-refractivity contribution in [1.29, 1.82) is 0 Å². The number of H-pyrrole nitrogens is 1. The number of halogens is 2. The quantitative estimate of drug-likeness (QED) is 0.645. The molecule has 0 saturated heterocycles. The second-order valence-electron chi connectivity index (χ2n) is 2.75. The highest BCUT2D eigenvalue weighted by atomic mass is 35.5. The van der Waals surface area contributed by atoms with Gasteiger partial charge in [-0.1, -0.05) is 17.7 Å². The lowest BCUT2D eigenvalue weighted by molar-refractivity contribution is 0.640. The second-order valence-corrected chi connectivity index (χ2v) is 3.16. The number of benzene rings is 1. The summed E-state index contributed by atoms with van der Waals surface area (Å²) in [5, 5.41) is 0.919. The third kappa shape index (κ3) is 0.916. The molecule has 0 spiro atoms. The zero-order chi connectivity index (χ0) is 8.72. The molecule has 0 amide bonds. The lowest BCUT2D eigenvalue weighted by atomic mass is 10.1. The first kappa shape index (κ1) is 7.62. The fraction of sp³-hybridized carbons (Fsp3) is 0.111. The molecule has 0 aliphatic rings. The van der Waals surface area contributed by atoms with Crippen LogP contribution in [0.25, 0.3) is 10.9 Å². The SMILES string of the molecule is Cc1ccc(F)c2c(Cl)c[nH]c12. The molecule has 0 aliphatic heterocycles. The van der Waals surface area contributed by atoms with Gasteiger partial charge in [0.05, 0.1) is 15.9 Å². The highest BCUT2D eigenvalue weighted by Crippen LogP contribution is 2.27. The monoisotopic (exact) mass is 183 g/mol. The molecule has 0 atom stereocenters. The third-order valence-corrected chi connectivity index (χ3v) is 2.24. The largest absolute Gasteiger partial charge is 0.359 e. The number of nitrogens with one attached hydrogen (secondary N) is 1. The van der Waals surface area contributed by atoms with E-state index in [9.17, 15) is 4.39 Å². The standard InChI is InChI=1S/C9H7ClFN/c1-5-2-3-7(11)8-6(10)4-12-9(5)8/h2-4,12H,1H3. The zero-order valence-corrected chi connectivity index (χ0v) is 7.24. The van der Waals surface area contributed by atoms with Crippen molar-refractivity contribution in [2.75, 3.05) is 0 Å². The van der Waals surface area contributed by atoms with Crippen LogP contribution >= 0.6 is 11.6 Å². The fourth-order valence-corrected chi connectivity index (χ4v) is 1.55. The number of hydrogen-bond acceptors (Lipinski definition) is 0. The van der Waals surface area contributed by atoms with E-state index < -0.39 is 0 Å². The van der Waals surface area contributed by atoms with Gasteiger partial charge in [-0.05, 0) is 18.6 Å². The second kappa shape index (κ2) is 2.49. The van der Waals surface area contributed by atoms with Crippen molar-refractivity contribution in [3.05, 3.63) is 34.7 Å². The molecule has 1 aromatic heterocycles. The highest BCUT2D eigenvalue weighted by Gasteiger charge is 2.07. The summed E-state index contributed by atoms with van der Waals surface area (Å²) >= 11 is 5.78. The van der Waals surface area contributed by atoms with Crippen LogP contribution in [0.2, 0.25) is 5.02 Å². The Balaban J connectivity index is 2.98. The summed E-state index contributed by atoms with van der Waals surface area (Å²) in [6.07, 6.45) is 1.60. The lowest BCUT2D eigenvalue weighted by Gasteiger charge is -1.96. The van der Waals surface area contributed by atoms with Gasteiger partial charge in [0.1, 0.15) is 5.82 Å². The number of aromatic amines is 1. The van der Waals surface area contributed by atoms with Crippen molar-refractivity contribution in [2.24, 2.45) is 0 Å². The molecule has 0 saturated carbocycles. The molecule has 0 aliphatic carbocycles. The first-order valence-corrected chi connectivity index (χ1v) is 3.99. The Kier molecular flexibility index (Phi) is 1.58. The van der Waals surface area contributed by atoms with Gasteiger partial charge in [0.25, 0.3) is 0 Å². The number of aryl methyl sites for hydroxylation is 1. The molecule has 12 heavy (non-hydrogen) atoms. The lowest BCUT2D eigenvalue weighted by Crippen LogP contribution is -1.80. The minimum Gasteiger partial charge on any atom is -0.359 e. The van der Waals surface area contributed by atoms with Crippen LogP contribution in [0.5, 0.6) is 0 Å². The van der Waals surface area contributed by atoms with E-state index in [1.165, 1.54) is 6.07 Å². The molecule has 3 heteroatoms. The molecule has 62 valence electrons. The van der Waals surface area contributed by atoms with Crippen LogP contribution < -0.4 is 0 Å². The van der Waals surface area contributed by atoms with Crippen LogP contribution in [-0.4, -0.2) is 4.98 Å². The van der Waals surface area contributed by atoms with Crippen molar-refractivity contribution in [2.45, 2.75) is 6.92 Å². The van der Waals surface area contributed by atoms with Gasteiger partial charge in [0.2, 0.25) is 0 Å². The van der Waals surface area contributed by atoms with Gasteiger partial charge in [-0.2, -0.15) is 0 Å². The minimum atomic E-state index is -0.276. The summed E-state index contributed by atoms with van der Waals surface area (Å²) in [7, 11) is 0. The molecular formula is C9H7ClFN. The van der Waals surface area contributed by atoms with E-state index in [0.717, 1.165) is 11.1 Å². The van der Waals surface area contributed by atoms with Crippen LogP contribution in [0, 0.1) is 12.7 Å². The predicted molar refractivity (Wildman–Crippen MR) is 48.0 cm³/mol. The van der Waals surface area contributed by atoms with Gasteiger partial charge >= 0.3 is 0 Å². The molecule has 0 radical (unpaired) electrons. The summed E-state index contributed by atoms with van der Waals surface area (Å²) < 4.78 is 13.2. The first-order valence-electron chi connectivity index (χ1n) is 3.62. The Morgan fingerprint density at radius 2 is 2.17 bits per heavy atom. The maximum Gasteiger partial charge on any atom is 0.134 e. The van der Waals surface area contributed by atoms with E-state index in [-0.39, 0.29) is 5.82 Å². The number of hydrogen-bond donors (Lipinski definition) is 1. The Morgan fingerprint density at radius 1 is 1.42 bits per heavy atom. The van der Waals surface area contributed by atoms with Crippen LogP contribution in [0.15, 0.2) is 18.3 Å². The molecule has 2 aromatic rings. The van der Waals surface area contributed by atoms with Crippen LogP contribution in [-0.2, 0) is 0 Å². The van der Waals surface area contributed by atoms with Gasteiger partial charge in [-0.25, -0.2) is 4.39 Å². The molecule has 1 N–H and O–H groups in total. The van der Waals surface area contributed by atoms with Crippen LogP contribution in [0.3, 0.4) is 0 Å². The van der Waals surface area contributed by atoms with Gasteiger partial charge in [-0.15, -0.1) is 0 Å². The Morgan fingerprint density at radius 3 is 2.83 bits per heavy atom. The zero-order valence-electron chi connectivity index (χ0n) is 6.49. The average molecular weight is 184 g/mol. The number of aromatic nitrogens is 1. The van der Waals surface area contributed by atoms with Crippen LogP contribution in [0.1, 0.15) is 5.56 Å². The normalized spacial score (nSPS) is 10.9. The topological polar surface area (TPSA) is 15.8 Å². The van der Waals surface area contributed by atoms with Gasteiger partial charge in [0.15, 0.2) is 0 Å². The predicted octanol–water partition coefficient (Wildman–Crippen LogP) is 3.27. The van der Waals surface area contributed by atoms with Crippen molar-refractivity contribution in [3.63, 3.8) is 0 Å². The minimum absolute atomic E-state index is 0.276. The molecular weight excluding hydrogens is 177 g/mol. The van der Waals surface area contributed by atoms with E-state index in [4.69, 9.17) is 11.6 Å². The Hall–Kier alpha value is -1.02. The maximum atomic E-state index is 13.2.